The van der Waals surface area contributed by atoms with Crippen LogP contribution in [0.5, 0.6) is 0 Å². The van der Waals surface area contributed by atoms with Gasteiger partial charge in [0, 0.05) is 30.8 Å². The molecule has 1 aromatic heterocycles. The number of nitrogens with zero attached hydrogens (tertiary/aromatic N) is 1. The zero-order chi connectivity index (χ0) is 16.7. The molecule has 4 atom stereocenters. The molecule has 1 aromatic rings. The van der Waals surface area contributed by atoms with Crippen LogP contribution >= 0.6 is 0 Å². The lowest BCUT2D eigenvalue weighted by molar-refractivity contribution is -0.134. The highest BCUT2D eigenvalue weighted by Gasteiger charge is 2.48. The monoisotopic (exact) mass is 330 g/mol. The largest absolute Gasteiger partial charge is 0.465 e. The van der Waals surface area contributed by atoms with Gasteiger partial charge in [0.05, 0.1) is 0 Å². The second-order valence-corrected chi connectivity index (χ2v) is 8.17. The molecular formula is C20H30N2O2. The number of nitrogens with one attached hydrogen (secondary N) is 1. The van der Waals surface area contributed by atoms with Crippen LogP contribution in [0.3, 0.4) is 0 Å². The minimum absolute atomic E-state index is 0.175. The summed E-state index contributed by atoms with van der Waals surface area (Å²) >= 11 is 0. The van der Waals surface area contributed by atoms with Crippen molar-refractivity contribution >= 4 is 5.91 Å². The molecule has 0 spiro atoms. The molecule has 3 aliphatic rings. The van der Waals surface area contributed by atoms with E-state index in [1.54, 1.807) is 0 Å². The maximum Gasteiger partial charge on any atom is 0.226 e. The van der Waals surface area contributed by atoms with Crippen molar-refractivity contribution in [2.75, 3.05) is 26.7 Å². The molecule has 4 nitrogen and oxygen atoms in total. The standard InChI is InChI=1S/C20H30N2O2/c1-13-11-15(13)18-3-4-19(24-18)16-12-17(16)20(23)22-9-6-14(7-10-22)5-8-21-2/h3-4,13-17,21H,5-12H2,1-2H3. The Balaban J connectivity index is 1.27. The molecule has 0 radical (unpaired) electrons. The van der Waals surface area contributed by atoms with Gasteiger partial charge in [0.1, 0.15) is 11.5 Å². The molecular weight excluding hydrogens is 300 g/mol. The van der Waals surface area contributed by atoms with Crippen LogP contribution < -0.4 is 5.32 Å². The van der Waals surface area contributed by atoms with Gasteiger partial charge in [-0.25, -0.2) is 0 Å². The van der Waals surface area contributed by atoms with Gasteiger partial charge in [-0.1, -0.05) is 6.92 Å². The Morgan fingerprint density at radius 1 is 1.21 bits per heavy atom. The fraction of sp³-hybridized carbons (Fsp3) is 0.750. The number of amides is 1. The van der Waals surface area contributed by atoms with Gasteiger partial charge >= 0.3 is 0 Å². The van der Waals surface area contributed by atoms with E-state index in [1.165, 1.54) is 12.8 Å². The highest BCUT2D eigenvalue weighted by Crippen LogP contribution is 2.52. The molecule has 4 unspecified atom stereocenters. The van der Waals surface area contributed by atoms with Crippen molar-refractivity contribution in [3.63, 3.8) is 0 Å². The van der Waals surface area contributed by atoms with Crippen molar-refractivity contribution < 1.29 is 9.21 Å². The third-order valence-corrected chi connectivity index (χ3v) is 6.32. The number of carbonyl (C=O) groups excluding carboxylic acids is 1. The summed E-state index contributed by atoms with van der Waals surface area (Å²) in [5.74, 6) is 5.24. The maximum atomic E-state index is 12.7. The summed E-state index contributed by atoms with van der Waals surface area (Å²) in [4.78, 5) is 14.8. The van der Waals surface area contributed by atoms with Crippen molar-refractivity contribution in [2.45, 2.75) is 50.9 Å². The summed E-state index contributed by atoms with van der Waals surface area (Å²) in [5.41, 5.74) is 0. The fourth-order valence-electron chi connectivity index (χ4n) is 4.29. The summed E-state index contributed by atoms with van der Waals surface area (Å²) < 4.78 is 6.05. The van der Waals surface area contributed by atoms with Gasteiger partial charge in [-0.2, -0.15) is 0 Å². The summed E-state index contributed by atoms with van der Waals surface area (Å²) in [7, 11) is 2.01. The molecule has 0 bridgehead atoms. The Hall–Kier alpha value is -1.29. The van der Waals surface area contributed by atoms with E-state index in [4.69, 9.17) is 4.42 Å². The number of likely N-dealkylation sites (tertiary alicyclic amines) is 1. The second-order valence-electron chi connectivity index (χ2n) is 8.17. The van der Waals surface area contributed by atoms with E-state index in [0.29, 0.717) is 17.7 Å². The Morgan fingerprint density at radius 2 is 1.88 bits per heavy atom. The number of hydrogen-bond acceptors (Lipinski definition) is 3. The van der Waals surface area contributed by atoms with Crippen LogP contribution in [0.15, 0.2) is 16.5 Å². The van der Waals surface area contributed by atoms with Gasteiger partial charge in [0.15, 0.2) is 0 Å². The number of carbonyl (C=O) groups is 1. The first-order valence-electron chi connectivity index (χ1n) is 9.70. The van der Waals surface area contributed by atoms with Gasteiger partial charge < -0.3 is 14.6 Å². The average molecular weight is 330 g/mol. The van der Waals surface area contributed by atoms with Crippen molar-refractivity contribution in [1.29, 1.82) is 0 Å². The Labute approximate surface area is 145 Å². The first-order valence-corrected chi connectivity index (χ1v) is 9.70. The molecule has 1 N–H and O–H groups in total. The smallest absolute Gasteiger partial charge is 0.226 e. The molecule has 132 valence electrons. The van der Waals surface area contributed by atoms with Crippen LogP contribution in [-0.4, -0.2) is 37.5 Å². The van der Waals surface area contributed by atoms with E-state index in [0.717, 1.165) is 62.3 Å². The van der Waals surface area contributed by atoms with Crippen LogP contribution in [0.1, 0.15) is 62.4 Å². The first kappa shape index (κ1) is 16.2. The highest BCUT2D eigenvalue weighted by atomic mass is 16.3. The minimum atomic E-state index is 0.175. The number of piperidine rings is 1. The molecule has 4 rings (SSSR count). The van der Waals surface area contributed by atoms with Gasteiger partial charge in [-0.15, -0.1) is 0 Å². The minimum Gasteiger partial charge on any atom is -0.465 e. The lowest BCUT2D eigenvalue weighted by Gasteiger charge is -2.32. The predicted octanol–water partition coefficient (Wildman–Crippen LogP) is 3.35. The van der Waals surface area contributed by atoms with E-state index in [1.807, 2.05) is 7.05 Å². The lowest BCUT2D eigenvalue weighted by Crippen LogP contribution is -2.40. The summed E-state index contributed by atoms with van der Waals surface area (Å²) in [6.07, 6.45) is 5.79. The zero-order valence-electron chi connectivity index (χ0n) is 15.0. The van der Waals surface area contributed by atoms with Gasteiger partial charge in [0.25, 0.3) is 0 Å². The number of rotatable bonds is 6. The van der Waals surface area contributed by atoms with E-state index >= 15 is 0 Å². The fourth-order valence-corrected chi connectivity index (χ4v) is 4.29. The van der Waals surface area contributed by atoms with Crippen molar-refractivity contribution in [1.82, 2.24) is 10.2 Å². The Morgan fingerprint density at radius 3 is 2.50 bits per heavy atom. The molecule has 4 heteroatoms. The van der Waals surface area contributed by atoms with Gasteiger partial charge in [-0.3, -0.25) is 4.79 Å². The first-order chi connectivity index (χ1) is 11.7. The lowest BCUT2D eigenvalue weighted by atomic mass is 9.93. The summed E-state index contributed by atoms with van der Waals surface area (Å²) in [6.45, 7) is 5.25. The van der Waals surface area contributed by atoms with E-state index in [9.17, 15) is 4.79 Å². The van der Waals surface area contributed by atoms with Crippen LogP contribution in [-0.2, 0) is 4.79 Å². The molecule has 2 heterocycles. The van der Waals surface area contributed by atoms with E-state index in [2.05, 4.69) is 29.3 Å². The predicted molar refractivity (Wildman–Crippen MR) is 93.9 cm³/mol. The molecule has 2 saturated carbocycles. The Bertz CT molecular complexity index is 588. The molecule has 1 saturated heterocycles. The highest BCUT2D eigenvalue weighted by molar-refractivity contribution is 5.83. The van der Waals surface area contributed by atoms with E-state index < -0.39 is 0 Å². The second kappa shape index (κ2) is 6.55. The molecule has 2 aliphatic carbocycles. The Kier molecular flexibility index (Phi) is 4.42. The zero-order valence-corrected chi connectivity index (χ0v) is 15.0. The summed E-state index contributed by atoms with van der Waals surface area (Å²) in [6, 6.07) is 4.25. The molecule has 3 fully saturated rings. The number of furan rings is 1. The van der Waals surface area contributed by atoms with Crippen LogP contribution in [0, 0.1) is 17.8 Å². The third kappa shape index (κ3) is 3.26. The van der Waals surface area contributed by atoms with Crippen molar-refractivity contribution in [3.8, 4) is 0 Å². The SMILES string of the molecule is CNCCC1CCN(C(=O)C2CC2c2ccc(C3CC3C)o2)CC1. The topological polar surface area (TPSA) is 45.5 Å². The van der Waals surface area contributed by atoms with Crippen LogP contribution in [0.2, 0.25) is 0 Å². The quantitative estimate of drug-likeness (QED) is 0.870. The van der Waals surface area contributed by atoms with Gasteiger partial charge in [0.2, 0.25) is 5.91 Å². The maximum absolute atomic E-state index is 12.7. The third-order valence-electron chi connectivity index (χ3n) is 6.32. The van der Waals surface area contributed by atoms with Crippen LogP contribution in [0.25, 0.3) is 0 Å². The molecule has 24 heavy (non-hydrogen) atoms. The van der Waals surface area contributed by atoms with Crippen molar-refractivity contribution in [3.05, 3.63) is 23.7 Å². The average Bonchev–Trinajstić information content (AvgIpc) is 3.50. The van der Waals surface area contributed by atoms with Crippen LogP contribution in [0.4, 0.5) is 0 Å². The summed E-state index contributed by atoms with van der Waals surface area (Å²) in [5, 5.41) is 3.23. The number of hydrogen-bond donors (Lipinski definition) is 1. The molecule has 1 aliphatic heterocycles. The van der Waals surface area contributed by atoms with Crippen molar-refractivity contribution in [2.24, 2.45) is 17.8 Å². The normalized spacial score (nSPS) is 32.8. The molecule has 0 aromatic carbocycles. The molecule has 1 amide bonds. The van der Waals surface area contributed by atoms with Gasteiger partial charge in [-0.05, 0) is 69.7 Å². The van der Waals surface area contributed by atoms with E-state index in [-0.39, 0.29) is 5.92 Å².